The van der Waals surface area contributed by atoms with E-state index in [2.05, 4.69) is 18.3 Å². The first-order chi connectivity index (χ1) is 9.66. The van der Waals surface area contributed by atoms with Crippen LogP contribution in [0, 0.1) is 16.7 Å². The average molecular weight is 272 g/mol. The number of anilines is 1. The van der Waals surface area contributed by atoms with Gasteiger partial charge in [0.1, 0.15) is 17.5 Å². The zero-order valence-corrected chi connectivity index (χ0v) is 12.0. The van der Waals surface area contributed by atoms with Gasteiger partial charge in [0.15, 0.2) is 0 Å². The summed E-state index contributed by atoms with van der Waals surface area (Å²) in [7, 11) is 1.54. The molecule has 1 amide bonds. The summed E-state index contributed by atoms with van der Waals surface area (Å²) in [4.78, 5) is 12.6. The third kappa shape index (κ3) is 2.49. The van der Waals surface area contributed by atoms with E-state index in [-0.39, 0.29) is 11.3 Å². The number of nitrogens with zero attached hydrogens (tertiary/aromatic N) is 1. The highest BCUT2D eigenvalue weighted by Gasteiger charge is 2.39. The van der Waals surface area contributed by atoms with Crippen LogP contribution in [-0.2, 0) is 4.79 Å². The van der Waals surface area contributed by atoms with E-state index in [1.54, 1.807) is 18.2 Å². The van der Waals surface area contributed by atoms with Crippen molar-refractivity contribution in [3.63, 3.8) is 0 Å². The van der Waals surface area contributed by atoms with Crippen LogP contribution < -0.4 is 10.1 Å². The number of hydrogen-bond acceptors (Lipinski definition) is 3. The van der Waals surface area contributed by atoms with Gasteiger partial charge < -0.3 is 10.1 Å². The first-order valence-electron chi connectivity index (χ1n) is 7.05. The summed E-state index contributed by atoms with van der Waals surface area (Å²) in [6.07, 6.45) is 4.87. The van der Waals surface area contributed by atoms with Gasteiger partial charge in [-0.05, 0) is 31.4 Å². The minimum atomic E-state index is -0.284. The molecule has 1 saturated carbocycles. The number of benzene rings is 1. The molecular weight excluding hydrogens is 252 g/mol. The van der Waals surface area contributed by atoms with Crippen molar-refractivity contribution in [2.45, 2.75) is 39.0 Å². The largest absolute Gasteiger partial charge is 0.495 e. The van der Waals surface area contributed by atoms with Crippen molar-refractivity contribution < 1.29 is 9.53 Å². The molecule has 0 heterocycles. The summed E-state index contributed by atoms with van der Waals surface area (Å²) in [5, 5.41) is 12.1. The molecule has 0 bridgehead atoms. The molecule has 1 N–H and O–H groups in total. The lowest BCUT2D eigenvalue weighted by atomic mass is 9.82. The monoisotopic (exact) mass is 272 g/mol. The molecule has 1 fully saturated rings. The van der Waals surface area contributed by atoms with Gasteiger partial charge in [-0.15, -0.1) is 0 Å². The minimum Gasteiger partial charge on any atom is -0.495 e. The topological polar surface area (TPSA) is 62.1 Å². The third-order valence-electron chi connectivity index (χ3n) is 4.32. The Morgan fingerprint density at radius 1 is 1.45 bits per heavy atom. The van der Waals surface area contributed by atoms with E-state index in [4.69, 9.17) is 4.74 Å². The first kappa shape index (κ1) is 14.4. The highest BCUT2D eigenvalue weighted by molar-refractivity contribution is 5.98. The maximum absolute atomic E-state index is 12.6. The highest BCUT2D eigenvalue weighted by Crippen LogP contribution is 2.42. The molecule has 0 unspecified atom stereocenters. The number of nitriles is 1. The van der Waals surface area contributed by atoms with Gasteiger partial charge in [0.05, 0.1) is 12.7 Å². The van der Waals surface area contributed by atoms with Crippen molar-refractivity contribution in [1.29, 1.82) is 5.26 Å². The summed E-state index contributed by atoms with van der Waals surface area (Å²) >= 11 is 0. The van der Waals surface area contributed by atoms with Crippen molar-refractivity contribution in [2.24, 2.45) is 5.41 Å². The zero-order chi connectivity index (χ0) is 14.6. The first-order valence-corrected chi connectivity index (χ1v) is 7.05. The van der Waals surface area contributed by atoms with E-state index in [0.29, 0.717) is 17.0 Å². The summed E-state index contributed by atoms with van der Waals surface area (Å²) in [6.45, 7) is 2.05. The Morgan fingerprint density at radius 2 is 2.15 bits per heavy atom. The van der Waals surface area contributed by atoms with Crippen molar-refractivity contribution in [1.82, 2.24) is 0 Å². The fraction of sp³-hybridized carbons (Fsp3) is 0.500. The van der Waals surface area contributed by atoms with E-state index < -0.39 is 0 Å². The van der Waals surface area contributed by atoms with Crippen LogP contribution in [0.15, 0.2) is 18.2 Å². The minimum absolute atomic E-state index is 0.0125. The molecule has 20 heavy (non-hydrogen) atoms. The van der Waals surface area contributed by atoms with E-state index in [1.165, 1.54) is 7.11 Å². The van der Waals surface area contributed by atoms with Crippen LogP contribution >= 0.6 is 0 Å². The summed E-state index contributed by atoms with van der Waals surface area (Å²) < 4.78 is 5.25. The maximum Gasteiger partial charge on any atom is 0.230 e. The Hall–Kier alpha value is -2.02. The van der Waals surface area contributed by atoms with Crippen LogP contribution in [0.4, 0.5) is 5.69 Å². The van der Waals surface area contributed by atoms with Crippen LogP contribution in [0.2, 0.25) is 0 Å². The van der Waals surface area contributed by atoms with Crippen LogP contribution in [0.5, 0.6) is 5.75 Å². The number of para-hydroxylation sites is 1. The zero-order valence-electron chi connectivity index (χ0n) is 12.0. The molecule has 2 rings (SSSR count). The maximum atomic E-state index is 12.6. The highest BCUT2D eigenvalue weighted by atomic mass is 16.5. The molecule has 0 atom stereocenters. The number of rotatable bonds is 4. The SMILES string of the molecule is CCC1(C(=O)Nc2c(C#N)cccc2OC)CCCC1. The number of hydrogen-bond donors (Lipinski definition) is 1. The van der Waals surface area contributed by atoms with E-state index in [0.717, 1.165) is 32.1 Å². The summed E-state index contributed by atoms with van der Waals surface area (Å²) in [5.41, 5.74) is 0.636. The molecule has 1 aromatic rings. The average Bonchev–Trinajstić information content (AvgIpc) is 2.97. The predicted octanol–water partition coefficient (Wildman–Crippen LogP) is 3.48. The van der Waals surface area contributed by atoms with Crippen molar-refractivity contribution in [3.05, 3.63) is 23.8 Å². The van der Waals surface area contributed by atoms with E-state index in [9.17, 15) is 10.1 Å². The smallest absolute Gasteiger partial charge is 0.230 e. The molecule has 0 aromatic heterocycles. The quantitative estimate of drug-likeness (QED) is 0.912. The molecule has 4 nitrogen and oxygen atoms in total. The molecule has 0 radical (unpaired) electrons. The van der Waals surface area contributed by atoms with Crippen LogP contribution in [0.25, 0.3) is 0 Å². The second-order valence-electron chi connectivity index (χ2n) is 5.29. The fourth-order valence-corrected chi connectivity index (χ4v) is 2.96. The molecule has 1 aliphatic carbocycles. The van der Waals surface area contributed by atoms with Gasteiger partial charge in [-0.3, -0.25) is 4.79 Å². The van der Waals surface area contributed by atoms with Gasteiger partial charge >= 0.3 is 0 Å². The Bertz CT molecular complexity index is 540. The Balaban J connectivity index is 2.30. The second-order valence-corrected chi connectivity index (χ2v) is 5.29. The van der Waals surface area contributed by atoms with Crippen LogP contribution in [0.3, 0.4) is 0 Å². The van der Waals surface area contributed by atoms with Crippen LogP contribution in [0.1, 0.15) is 44.6 Å². The molecule has 1 aromatic carbocycles. The Morgan fingerprint density at radius 3 is 2.70 bits per heavy atom. The molecule has 106 valence electrons. The second kappa shape index (κ2) is 5.96. The molecule has 0 saturated heterocycles. The van der Waals surface area contributed by atoms with Crippen LogP contribution in [-0.4, -0.2) is 13.0 Å². The normalized spacial score (nSPS) is 16.4. The van der Waals surface area contributed by atoms with E-state index >= 15 is 0 Å². The Labute approximate surface area is 119 Å². The summed E-state index contributed by atoms with van der Waals surface area (Å²) in [6, 6.07) is 7.29. The van der Waals surface area contributed by atoms with Gasteiger partial charge in [-0.2, -0.15) is 5.26 Å². The van der Waals surface area contributed by atoms with Gasteiger partial charge in [0.25, 0.3) is 0 Å². The number of amides is 1. The number of carbonyl (C=O) groups excluding carboxylic acids is 1. The molecule has 0 aliphatic heterocycles. The van der Waals surface area contributed by atoms with Crippen molar-refractivity contribution in [3.8, 4) is 11.8 Å². The predicted molar refractivity (Wildman–Crippen MR) is 77.5 cm³/mol. The number of ether oxygens (including phenoxy) is 1. The molecule has 4 heteroatoms. The van der Waals surface area contributed by atoms with Gasteiger partial charge in [-0.1, -0.05) is 25.8 Å². The third-order valence-corrected chi connectivity index (χ3v) is 4.32. The standard InChI is InChI=1S/C16H20N2O2/c1-3-16(9-4-5-10-16)15(19)18-14-12(11-17)7-6-8-13(14)20-2/h6-8H,3-5,9-10H2,1-2H3,(H,18,19). The van der Waals surface area contributed by atoms with Crippen molar-refractivity contribution >= 4 is 11.6 Å². The molecular formula is C16H20N2O2. The summed E-state index contributed by atoms with van der Waals surface area (Å²) in [5.74, 6) is 0.542. The lowest BCUT2D eigenvalue weighted by molar-refractivity contribution is -0.125. The van der Waals surface area contributed by atoms with Crippen molar-refractivity contribution in [2.75, 3.05) is 12.4 Å². The molecule has 0 spiro atoms. The lowest BCUT2D eigenvalue weighted by Gasteiger charge is -2.26. The van der Waals surface area contributed by atoms with E-state index in [1.807, 2.05) is 0 Å². The number of methoxy groups -OCH3 is 1. The molecule has 1 aliphatic rings. The Kier molecular flexibility index (Phi) is 4.29. The van der Waals surface area contributed by atoms with Gasteiger partial charge in [-0.25, -0.2) is 0 Å². The fourth-order valence-electron chi connectivity index (χ4n) is 2.96. The number of nitrogens with one attached hydrogen (secondary N) is 1. The van der Waals surface area contributed by atoms with Gasteiger partial charge in [0.2, 0.25) is 5.91 Å². The lowest BCUT2D eigenvalue weighted by Crippen LogP contribution is -2.33. The number of carbonyl (C=O) groups is 1. The van der Waals surface area contributed by atoms with Gasteiger partial charge in [0, 0.05) is 5.41 Å².